The highest BCUT2D eigenvalue weighted by atomic mass is 16.2. The first-order valence-corrected chi connectivity index (χ1v) is 6.15. The fraction of sp³-hybridized carbons (Fsp3) is 0.467. The summed E-state index contributed by atoms with van der Waals surface area (Å²) in [6.45, 7) is 6.12. The summed E-state index contributed by atoms with van der Waals surface area (Å²) in [6, 6.07) is 10.2. The summed E-state index contributed by atoms with van der Waals surface area (Å²) in [5, 5.41) is 9.12. The zero-order valence-electron chi connectivity index (χ0n) is 11.5. The highest BCUT2D eigenvalue weighted by molar-refractivity contribution is 5.84. The number of carbonyl (C=O) groups excluding carboxylic acids is 1. The first-order chi connectivity index (χ1) is 8.42. The van der Waals surface area contributed by atoms with Crippen LogP contribution in [0.25, 0.3) is 0 Å². The number of hydrogen-bond acceptors (Lipinski definition) is 2. The molecule has 0 aromatic heterocycles. The smallest absolute Gasteiger partial charge is 0.242 e. The molecule has 3 nitrogen and oxygen atoms in total. The van der Waals surface area contributed by atoms with E-state index in [-0.39, 0.29) is 5.91 Å². The van der Waals surface area contributed by atoms with Crippen molar-refractivity contribution in [3.8, 4) is 6.07 Å². The normalized spacial score (nSPS) is 13.5. The molecule has 0 spiro atoms. The zero-order chi connectivity index (χ0) is 13.8. The van der Waals surface area contributed by atoms with Crippen molar-refractivity contribution >= 4 is 5.91 Å². The monoisotopic (exact) mass is 244 g/mol. The molecule has 0 fully saturated rings. The molecular formula is C15H20N2O. The van der Waals surface area contributed by atoms with E-state index in [1.807, 2.05) is 32.0 Å². The van der Waals surface area contributed by atoms with E-state index in [1.165, 1.54) is 5.56 Å². The quantitative estimate of drug-likeness (QED) is 0.817. The van der Waals surface area contributed by atoms with Gasteiger partial charge in [0.25, 0.3) is 0 Å². The average molecular weight is 244 g/mol. The zero-order valence-corrected chi connectivity index (χ0v) is 11.5. The summed E-state index contributed by atoms with van der Waals surface area (Å²) in [6.07, 6.45) is 0.528. The summed E-state index contributed by atoms with van der Waals surface area (Å²) < 4.78 is 0. The molecule has 0 aliphatic rings. The van der Waals surface area contributed by atoms with Crippen molar-refractivity contribution in [2.75, 3.05) is 7.05 Å². The maximum atomic E-state index is 12.2. The molecule has 0 saturated carbocycles. The highest BCUT2D eigenvalue weighted by Crippen LogP contribution is 2.23. The van der Waals surface area contributed by atoms with Gasteiger partial charge in [-0.3, -0.25) is 4.79 Å². The van der Waals surface area contributed by atoms with Gasteiger partial charge in [0.05, 0.1) is 6.07 Å². The van der Waals surface area contributed by atoms with Crippen LogP contribution in [-0.4, -0.2) is 17.9 Å². The van der Waals surface area contributed by atoms with Crippen LogP contribution in [0.2, 0.25) is 0 Å². The van der Waals surface area contributed by atoms with E-state index in [4.69, 9.17) is 5.26 Å². The predicted octanol–water partition coefficient (Wildman–Crippen LogP) is 2.89. The van der Waals surface area contributed by atoms with Crippen LogP contribution in [0.1, 0.15) is 31.4 Å². The fourth-order valence-electron chi connectivity index (χ4n) is 1.86. The van der Waals surface area contributed by atoms with E-state index >= 15 is 0 Å². The van der Waals surface area contributed by atoms with Crippen LogP contribution < -0.4 is 0 Å². The van der Waals surface area contributed by atoms with Crippen LogP contribution in [0, 0.1) is 23.7 Å². The standard InChI is InChI=1S/C15H20N2O/c1-5-15(3,11-16)14(18)17(4)10-13-8-6-7-12(2)9-13/h6-9H,5,10H2,1-4H3. The van der Waals surface area contributed by atoms with Gasteiger partial charge in [-0.2, -0.15) is 5.26 Å². The van der Waals surface area contributed by atoms with Gasteiger partial charge in [0.15, 0.2) is 0 Å². The summed E-state index contributed by atoms with van der Waals surface area (Å²) in [4.78, 5) is 13.8. The van der Waals surface area contributed by atoms with Crippen molar-refractivity contribution in [3.05, 3.63) is 35.4 Å². The minimum atomic E-state index is -0.918. The Morgan fingerprint density at radius 1 is 1.50 bits per heavy atom. The van der Waals surface area contributed by atoms with Gasteiger partial charge in [-0.05, 0) is 25.8 Å². The third-order valence-corrected chi connectivity index (χ3v) is 3.27. The number of amides is 1. The lowest BCUT2D eigenvalue weighted by molar-refractivity contribution is -0.137. The molecule has 0 aliphatic carbocycles. The molecule has 1 rings (SSSR count). The van der Waals surface area contributed by atoms with E-state index in [2.05, 4.69) is 12.1 Å². The number of benzene rings is 1. The number of hydrogen-bond donors (Lipinski definition) is 0. The number of rotatable bonds is 4. The second-order valence-corrected chi connectivity index (χ2v) is 4.95. The van der Waals surface area contributed by atoms with Gasteiger partial charge in [-0.15, -0.1) is 0 Å². The molecule has 1 atom stereocenters. The van der Waals surface area contributed by atoms with Crippen LogP contribution in [-0.2, 0) is 11.3 Å². The van der Waals surface area contributed by atoms with Crippen molar-refractivity contribution in [2.24, 2.45) is 5.41 Å². The van der Waals surface area contributed by atoms with Crippen molar-refractivity contribution in [3.63, 3.8) is 0 Å². The molecule has 0 saturated heterocycles. The average Bonchev–Trinajstić information content (AvgIpc) is 2.37. The lowest BCUT2D eigenvalue weighted by Crippen LogP contribution is -2.38. The lowest BCUT2D eigenvalue weighted by atomic mass is 9.88. The molecular weight excluding hydrogens is 224 g/mol. The largest absolute Gasteiger partial charge is 0.340 e. The van der Waals surface area contributed by atoms with E-state index in [9.17, 15) is 4.79 Å². The second kappa shape index (κ2) is 5.68. The summed E-state index contributed by atoms with van der Waals surface area (Å²) in [5.41, 5.74) is 1.34. The fourth-order valence-corrected chi connectivity index (χ4v) is 1.86. The van der Waals surface area contributed by atoms with Crippen LogP contribution in [0.4, 0.5) is 0 Å². The molecule has 3 heteroatoms. The van der Waals surface area contributed by atoms with E-state index < -0.39 is 5.41 Å². The predicted molar refractivity (Wildman–Crippen MR) is 71.7 cm³/mol. The Hall–Kier alpha value is -1.82. The van der Waals surface area contributed by atoms with Gasteiger partial charge in [0.1, 0.15) is 5.41 Å². The van der Waals surface area contributed by atoms with Crippen molar-refractivity contribution in [1.29, 1.82) is 5.26 Å². The molecule has 1 aromatic carbocycles. The molecule has 1 aromatic rings. The van der Waals surface area contributed by atoms with Crippen LogP contribution >= 0.6 is 0 Å². The van der Waals surface area contributed by atoms with Crippen molar-refractivity contribution < 1.29 is 4.79 Å². The minimum absolute atomic E-state index is 0.117. The molecule has 18 heavy (non-hydrogen) atoms. The van der Waals surface area contributed by atoms with Gasteiger partial charge >= 0.3 is 0 Å². The van der Waals surface area contributed by atoms with E-state index in [0.29, 0.717) is 13.0 Å². The third kappa shape index (κ3) is 3.10. The van der Waals surface area contributed by atoms with Gasteiger partial charge in [-0.25, -0.2) is 0 Å². The van der Waals surface area contributed by atoms with Gasteiger partial charge in [-0.1, -0.05) is 36.8 Å². The first kappa shape index (κ1) is 14.2. The maximum absolute atomic E-state index is 12.2. The molecule has 1 unspecified atom stereocenters. The van der Waals surface area contributed by atoms with Gasteiger partial charge in [0, 0.05) is 13.6 Å². The topological polar surface area (TPSA) is 44.1 Å². The SMILES string of the molecule is CCC(C)(C#N)C(=O)N(C)Cc1cccc(C)c1. The summed E-state index contributed by atoms with van der Waals surface area (Å²) in [5.74, 6) is -0.117. The van der Waals surface area contributed by atoms with Gasteiger partial charge in [0.2, 0.25) is 5.91 Å². The number of nitriles is 1. The van der Waals surface area contributed by atoms with Gasteiger partial charge < -0.3 is 4.90 Å². The van der Waals surface area contributed by atoms with Crippen molar-refractivity contribution in [1.82, 2.24) is 4.90 Å². The molecule has 0 N–H and O–H groups in total. The Balaban J connectivity index is 2.81. The van der Waals surface area contributed by atoms with Crippen LogP contribution in [0.3, 0.4) is 0 Å². The Bertz CT molecular complexity index is 476. The first-order valence-electron chi connectivity index (χ1n) is 6.15. The van der Waals surface area contributed by atoms with Crippen LogP contribution in [0.5, 0.6) is 0 Å². The molecule has 96 valence electrons. The van der Waals surface area contributed by atoms with E-state index in [1.54, 1.807) is 18.9 Å². The molecule has 1 amide bonds. The Labute approximate surface area is 109 Å². The number of aryl methyl sites for hydroxylation is 1. The molecule has 0 radical (unpaired) electrons. The summed E-state index contributed by atoms with van der Waals surface area (Å²) >= 11 is 0. The minimum Gasteiger partial charge on any atom is -0.340 e. The molecule has 0 heterocycles. The van der Waals surface area contributed by atoms with Crippen molar-refractivity contribution in [2.45, 2.75) is 33.7 Å². The highest BCUT2D eigenvalue weighted by Gasteiger charge is 2.33. The summed E-state index contributed by atoms with van der Waals surface area (Å²) in [7, 11) is 1.75. The Kier molecular flexibility index (Phi) is 4.49. The van der Waals surface area contributed by atoms with E-state index in [0.717, 1.165) is 5.56 Å². The third-order valence-electron chi connectivity index (χ3n) is 3.27. The number of nitrogens with zero attached hydrogens (tertiary/aromatic N) is 2. The Morgan fingerprint density at radius 2 is 2.17 bits per heavy atom. The van der Waals surface area contributed by atoms with Crippen LogP contribution in [0.15, 0.2) is 24.3 Å². The second-order valence-electron chi connectivity index (χ2n) is 4.95. The molecule has 0 aliphatic heterocycles. The molecule has 0 bridgehead atoms. The number of carbonyl (C=O) groups is 1. The lowest BCUT2D eigenvalue weighted by Gasteiger charge is -2.26. The Morgan fingerprint density at radius 3 is 2.67 bits per heavy atom. The maximum Gasteiger partial charge on any atom is 0.242 e.